The number of benzene rings is 1. The third-order valence-corrected chi connectivity index (χ3v) is 3.76. The summed E-state index contributed by atoms with van der Waals surface area (Å²) in [6.07, 6.45) is 0.780. The molecule has 6 heteroatoms. The van der Waals surface area contributed by atoms with Gasteiger partial charge in [0.15, 0.2) is 11.6 Å². The van der Waals surface area contributed by atoms with E-state index >= 15 is 0 Å². The van der Waals surface area contributed by atoms with Gasteiger partial charge in [-0.2, -0.15) is 0 Å². The van der Waals surface area contributed by atoms with Gasteiger partial charge in [0.1, 0.15) is 5.69 Å². The first-order valence-corrected chi connectivity index (χ1v) is 6.04. The van der Waals surface area contributed by atoms with E-state index in [1.54, 1.807) is 12.0 Å². The van der Waals surface area contributed by atoms with E-state index in [4.69, 9.17) is 10.5 Å². The molecule has 0 aromatic heterocycles. The van der Waals surface area contributed by atoms with Gasteiger partial charge >= 0.3 is 0 Å². The standard InChI is InChI=1S/C11H13BrF2N2O/c1-17-6-2-3-16(5-6)11-7(13)4-8(15)9(12)10(11)14/h4,6H,2-3,5,15H2,1H3/t6-/m0/s1. The highest BCUT2D eigenvalue weighted by Crippen LogP contribution is 2.35. The molecule has 0 bridgehead atoms. The minimum absolute atomic E-state index is 0.0186. The number of nitrogen functional groups attached to an aromatic ring is 1. The number of ether oxygens (including phenoxy) is 1. The first kappa shape index (κ1) is 12.6. The van der Waals surface area contributed by atoms with Crippen LogP contribution in [0.4, 0.5) is 20.2 Å². The number of halogens is 3. The molecule has 0 unspecified atom stereocenters. The van der Waals surface area contributed by atoms with Gasteiger partial charge in [0.25, 0.3) is 0 Å². The van der Waals surface area contributed by atoms with E-state index in [1.807, 2.05) is 0 Å². The Morgan fingerprint density at radius 3 is 2.82 bits per heavy atom. The third-order valence-electron chi connectivity index (χ3n) is 2.96. The van der Waals surface area contributed by atoms with Crippen LogP contribution >= 0.6 is 15.9 Å². The Balaban J connectivity index is 2.36. The van der Waals surface area contributed by atoms with E-state index in [0.717, 1.165) is 12.5 Å². The molecule has 94 valence electrons. The highest BCUT2D eigenvalue weighted by Gasteiger charge is 2.28. The van der Waals surface area contributed by atoms with Crippen molar-refractivity contribution in [2.45, 2.75) is 12.5 Å². The van der Waals surface area contributed by atoms with Gasteiger partial charge < -0.3 is 15.4 Å². The molecule has 1 heterocycles. The molecule has 1 saturated heterocycles. The molecule has 1 aliphatic rings. The number of anilines is 2. The molecule has 0 aliphatic carbocycles. The van der Waals surface area contributed by atoms with Crippen LogP contribution in [-0.2, 0) is 4.74 Å². The maximum absolute atomic E-state index is 14.0. The summed E-state index contributed by atoms with van der Waals surface area (Å²) in [7, 11) is 1.60. The quantitative estimate of drug-likeness (QED) is 0.674. The number of nitrogens with zero attached hydrogens (tertiary/aromatic N) is 1. The normalized spacial score (nSPS) is 20.0. The second-order valence-electron chi connectivity index (χ2n) is 4.02. The van der Waals surface area contributed by atoms with Gasteiger partial charge in [-0.3, -0.25) is 0 Å². The van der Waals surface area contributed by atoms with Crippen LogP contribution in [0.25, 0.3) is 0 Å². The zero-order chi connectivity index (χ0) is 12.6. The highest BCUT2D eigenvalue weighted by atomic mass is 79.9. The fraction of sp³-hybridized carbons (Fsp3) is 0.455. The van der Waals surface area contributed by atoms with Crippen molar-refractivity contribution in [3.8, 4) is 0 Å². The number of hydrogen-bond donors (Lipinski definition) is 1. The molecular weight excluding hydrogens is 294 g/mol. The zero-order valence-corrected chi connectivity index (χ0v) is 10.9. The largest absolute Gasteiger partial charge is 0.398 e. The van der Waals surface area contributed by atoms with E-state index < -0.39 is 11.6 Å². The van der Waals surface area contributed by atoms with Crippen LogP contribution in [0.1, 0.15) is 6.42 Å². The van der Waals surface area contributed by atoms with Crippen molar-refractivity contribution in [1.82, 2.24) is 0 Å². The Morgan fingerprint density at radius 1 is 1.53 bits per heavy atom. The Bertz CT molecular complexity index is 442. The van der Waals surface area contributed by atoms with Crippen molar-refractivity contribution in [1.29, 1.82) is 0 Å². The van der Waals surface area contributed by atoms with Crippen LogP contribution in [0, 0.1) is 11.6 Å². The van der Waals surface area contributed by atoms with Crippen molar-refractivity contribution >= 4 is 27.3 Å². The molecule has 1 atom stereocenters. The smallest absolute Gasteiger partial charge is 0.165 e. The lowest BCUT2D eigenvalue weighted by Crippen LogP contribution is -2.24. The Hall–Kier alpha value is -0.880. The van der Waals surface area contributed by atoms with Crippen molar-refractivity contribution in [3.05, 3.63) is 22.2 Å². The van der Waals surface area contributed by atoms with Crippen LogP contribution in [0.2, 0.25) is 0 Å². The summed E-state index contributed by atoms with van der Waals surface area (Å²) < 4.78 is 33.0. The van der Waals surface area contributed by atoms with E-state index in [-0.39, 0.29) is 22.0 Å². The second kappa shape index (κ2) is 4.78. The van der Waals surface area contributed by atoms with Gasteiger partial charge in [-0.05, 0) is 22.4 Å². The summed E-state index contributed by atoms with van der Waals surface area (Å²) in [5, 5.41) is 0. The zero-order valence-electron chi connectivity index (χ0n) is 9.34. The number of rotatable bonds is 2. The average Bonchev–Trinajstić information content (AvgIpc) is 2.74. The van der Waals surface area contributed by atoms with Crippen molar-refractivity contribution in [2.75, 3.05) is 30.8 Å². The van der Waals surface area contributed by atoms with Crippen molar-refractivity contribution < 1.29 is 13.5 Å². The Labute approximate surface area is 107 Å². The second-order valence-corrected chi connectivity index (χ2v) is 4.81. The summed E-state index contributed by atoms with van der Waals surface area (Å²) in [4.78, 5) is 1.64. The number of hydrogen-bond acceptors (Lipinski definition) is 3. The van der Waals surface area contributed by atoms with Crippen LogP contribution in [0.3, 0.4) is 0 Å². The lowest BCUT2D eigenvalue weighted by Gasteiger charge is -2.20. The van der Waals surface area contributed by atoms with Crippen molar-refractivity contribution in [2.24, 2.45) is 0 Å². The summed E-state index contributed by atoms with van der Waals surface area (Å²) in [5.41, 5.74) is 5.50. The molecule has 2 rings (SSSR count). The van der Waals surface area contributed by atoms with E-state index in [1.165, 1.54) is 0 Å². The average molecular weight is 307 g/mol. The third kappa shape index (κ3) is 2.24. The molecule has 0 spiro atoms. The minimum Gasteiger partial charge on any atom is -0.398 e. The molecule has 17 heavy (non-hydrogen) atoms. The summed E-state index contributed by atoms with van der Waals surface area (Å²) >= 11 is 3.02. The molecule has 1 aromatic rings. The highest BCUT2D eigenvalue weighted by molar-refractivity contribution is 9.10. The van der Waals surface area contributed by atoms with Gasteiger partial charge in [0, 0.05) is 26.3 Å². The molecule has 1 aliphatic heterocycles. The molecule has 1 aromatic carbocycles. The van der Waals surface area contributed by atoms with Gasteiger partial charge in [0.05, 0.1) is 16.3 Å². The van der Waals surface area contributed by atoms with Gasteiger partial charge in [-0.1, -0.05) is 0 Å². The van der Waals surface area contributed by atoms with Crippen LogP contribution < -0.4 is 10.6 Å². The topological polar surface area (TPSA) is 38.5 Å². The van der Waals surface area contributed by atoms with E-state index in [9.17, 15) is 8.78 Å². The summed E-state index contributed by atoms with van der Waals surface area (Å²) in [6.45, 7) is 1.06. The number of nitrogens with two attached hydrogens (primary N) is 1. The predicted octanol–water partition coefficient (Wildman–Crippen LogP) is 2.53. The van der Waals surface area contributed by atoms with Gasteiger partial charge in [-0.25, -0.2) is 8.78 Å². The monoisotopic (exact) mass is 306 g/mol. The van der Waals surface area contributed by atoms with Gasteiger partial charge in [0.2, 0.25) is 0 Å². The maximum atomic E-state index is 14.0. The first-order chi connectivity index (χ1) is 8.04. The minimum atomic E-state index is -0.653. The lowest BCUT2D eigenvalue weighted by atomic mass is 10.2. The van der Waals surface area contributed by atoms with Crippen molar-refractivity contribution in [3.63, 3.8) is 0 Å². The Morgan fingerprint density at radius 2 is 2.24 bits per heavy atom. The van der Waals surface area contributed by atoms with Crippen LogP contribution in [0.5, 0.6) is 0 Å². The molecule has 0 amide bonds. The SMILES string of the molecule is CO[C@H]1CCN(c2c(F)cc(N)c(Br)c2F)C1. The van der Waals surface area contributed by atoms with E-state index in [0.29, 0.717) is 13.1 Å². The molecule has 1 fully saturated rings. The summed E-state index contributed by atoms with van der Waals surface area (Å²) in [5.74, 6) is -1.29. The molecular formula is C11H13BrF2N2O. The van der Waals surface area contributed by atoms with Crippen LogP contribution in [0.15, 0.2) is 10.5 Å². The number of methoxy groups -OCH3 is 1. The first-order valence-electron chi connectivity index (χ1n) is 5.25. The fourth-order valence-electron chi connectivity index (χ4n) is 2.02. The molecule has 2 N–H and O–H groups in total. The Kier molecular flexibility index (Phi) is 3.53. The maximum Gasteiger partial charge on any atom is 0.165 e. The molecule has 0 saturated carbocycles. The van der Waals surface area contributed by atoms with E-state index in [2.05, 4.69) is 15.9 Å². The summed E-state index contributed by atoms with van der Waals surface area (Å²) in [6, 6.07) is 1.13. The van der Waals surface area contributed by atoms with Crippen LogP contribution in [-0.4, -0.2) is 26.3 Å². The lowest BCUT2D eigenvalue weighted by molar-refractivity contribution is 0.121. The predicted molar refractivity (Wildman–Crippen MR) is 66.1 cm³/mol. The fourth-order valence-corrected chi connectivity index (χ4v) is 2.32. The van der Waals surface area contributed by atoms with Gasteiger partial charge in [-0.15, -0.1) is 0 Å². The molecule has 3 nitrogen and oxygen atoms in total. The molecule has 0 radical (unpaired) electrons.